The van der Waals surface area contributed by atoms with E-state index in [2.05, 4.69) is 11.4 Å². The first kappa shape index (κ1) is 26.5. The molecule has 4 aromatic carbocycles. The predicted molar refractivity (Wildman–Crippen MR) is 141 cm³/mol. The van der Waals surface area contributed by atoms with Crippen LogP contribution in [-0.2, 0) is 24.9 Å². The van der Waals surface area contributed by atoms with Crippen LogP contribution in [0.15, 0.2) is 66.9 Å². The number of hydrogen-bond acceptors (Lipinski definition) is 5. The van der Waals surface area contributed by atoms with Gasteiger partial charge in [0.1, 0.15) is 5.75 Å². The van der Waals surface area contributed by atoms with E-state index in [9.17, 15) is 4.79 Å². The van der Waals surface area contributed by atoms with Crippen molar-refractivity contribution < 1.29 is 39.5 Å². The van der Waals surface area contributed by atoms with Crippen LogP contribution in [0.2, 0.25) is 0 Å². The Bertz CT molecular complexity index is 1550. The maximum Gasteiger partial charge on any atom is 0.285 e. The van der Waals surface area contributed by atoms with E-state index >= 15 is 0 Å². The number of rotatable bonds is 4. The van der Waals surface area contributed by atoms with Crippen molar-refractivity contribution in [1.82, 2.24) is 9.97 Å². The van der Waals surface area contributed by atoms with E-state index in [1.54, 1.807) is 14.2 Å². The van der Waals surface area contributed by atoms with Crippen molar-refractivity contribution in [3.8, 4) is 22.8 Å². The number of aliphatic carboxylic acids is 1. The number of benzene rings is 4. The fraction of sp³-hybridized carbons (Fsp3) is 0.207. The summed E-state index contributed by atoms with van der Waals surface area (Å²) >= 11 is 0. The second-order valence-electron chi connectivity index (χ2n) is 8.46. The van der Waals surface area contributed by atoms with Crippen molar-refractivity contribution >= 4 is 38.5 Å². The second kappa shape index (κ2) is 11.6. The molecule has 0 bridgehead atoms. The van der Waals surface area contributed by atoms with Crippen LogP contribution in [-0.4, -0.2) is 47.8 Å². The summed E-state index contributed by atoms with van der Waals surface area (Å²) in [7, 11) is 3.33. The molecule has 1 aliphatic rings. The van der Waals surface area contributed by atoms with Crippen LogP contribution in [0.3, 0.4) is 0 Å². The quantitative estimate of drug-likeness (QED) is 0.185. The van der Waals surface area contributed by atoms with E-state index in [4.69, 9.17) is 24.5 Å². The molecule has 2 heterocycles. The number of carboxylic acid groups (broad SMARTS) is 1. The number of fused-ring (bicyclic) bond motifs is 6. The molecule has 1 N–H and O–H groups in total. The van der Waals surface area contributed by atoms with Crippen LogP contribution < -0.4 is 9.47 Å². The van der Waals surface area contributed by atoms with Crippen LogP contribution in [0.4, 0.5) is 0 Å². The molecule has 5 aromatic rings. The summed E-state index contributed by atoms with van der Waals surface area (Å²) in [5.41, 5.74) is 3.57. The fourth-order valence-corrected chi connectivity index (χ4v) is 4.42. The van der Waals surface area contributed by atoms with Crippen molar-refractivity contribution in [3.63, 3.8) is 0 Å². The molecule has 1 unspecified atom stereocenters. The Morgan fingerprint density at radius 2 is 1.76 bits per heavy atom. The third-order valence-electron chi connectivity index (χ3n) is 6.27. The SMILES string of the molecule is COc1c[c-]c2c(c1)c1cc(OC)ccc1c1nc(-c3ccccc3)cnc21.O=C(O)C1CCC[N-]1.[Ir]. The van der Waals surface area contributed by atoms with Gasteiger partial charge in [-0.1, -0.05) is 60.7 Å². The molecule has 1 radical (unpaired) electrons. The first-order valence-electron chi connectivity index (χ1n) is 11.7. The number of carboxylic acids is 1. The number of carbonyl (C=O) groups is 1. The summed E-state index contributed by atoms with van der Waals surface area (Å²) in [6.45, 7) is 0.733. The van der Waals surface area contributed by atoms with Gasteiger partial charge in [0, 0.05) is 43.1 Å². The molecule has 0 aliphatic carbocycles. The summed E-state index contributed by atoms with van der Waals surface area (Å²) < 4.78 is 10.9. The van der Waals surface area contributed by atoms with Crippen molar-refractivity contribution in [1.29, 1.82) is 0 Å². The van der Waals surface area contributed by atoms with Crippen LogP contribution in [0, 0.1) is 6.07 Å². The number of aromatic nitrogens is 2. The molecule has 8 heteroatoms. The Morgan fingerprint density at radius 1 is 1.00 bits per heavy atom. The first-order chi connectivity index (χ1) is 17.6. The van der Waals surface area contributed by atoms with Crippen LogP contribution in [0.25, 0.3) is 49.2 Å². The van der Waals surface area contributed by atoms with Crippen molar-refractivity contribution in [2.24, 2.45) is 0 Å². The Morgan fingerprint density at radius 3 is 2.41 bits per heavy atom. The van der Waals surface area contributed by atoms with Crippen molar-refractivity contribution in [3.05, 3.63) is 78.2 Å². The number of hydrogen-bond donors (Lipinski definition) is 1. The molecule has 1 aliphatic heterocycles. The van der Waals surface area contributed by atoms with E-state index in [0.717, 1.165) is 74.7 Å². The van der Waals surface area contributed by atoms with Gasteiger partial charge in [0.15, 0.2) is 0 Å². The zero-order chi connectivity index (χ0) is 25.1. The average molecular weight is 672 g/mol. The van der Waals surface area contributed by atoms with Crippen LogP contribution >= 0.6 is 0 Å². The molecular weight excluding hydrogens is 647 g/mol. The molecule has 0 spiro atoms. The molecule has 7 nitrogen and oxygen atoms in total. The molecule has 6 rings (SSSR count). The van der Waals surface area contributed by atoms with Gasteiger partial charge >= 0.3 is 0 Å². The summed E-state index contributed by atoms with van der Waals surface area (Å²) in [6.07, 6.45) is 3.50. The van der Waals surface area contributed by atoms with E-state index in [1.165, 1.54) is 0 Å². The molecular formula is C29H25IrN3O4-2. The topological polar surface area (TPSA) is 95.6 Å². The minimum Gasteiger partial charge on any atom is -0.650 e. The predicted octanol–water partition coefficient (Wildman–Crippen LogP) is 6.03. The first-order valence-corrected chi connectivity index (χ1v) is 11.7. The summed E-state index contributed by atoms with van der Waals surface area (Å²) in [4.78, 5) is 19.8. The van der Waals surface area contributed by atoms with Gasteiger partial charge in [-0.2, -0.15) is 0 Å². The van der Waals surface area contributed by atoms with Gasteiger partial charge in [-0.15, -0.1) is 24.1 Å². The number of ether oxygens (including phenoxy) is 2. The molecule has 0 saturated carbocycles. The normalized spacial score (nSPS) is 14.6. The number of nitrogens with zero attached hydrogens (tertiary/aromatic N) is 3. The van der Waals surface area contributed by atoms with Gasteiger partial charge in [0.25, 0.3) is 5.97 Å². The fourth-order valence-electron chi connectivity index (χ4n) is 4.42. The van der Waals surface area contributed by atoms with Crippen molar-refractivity contribution in [2.45, 2.75) is 18.9 Å². The molecule has 1 atom stereocenters. The minimum atomic E-state index is -0.775. The molecule has 1 saturated heterocycles. The Labute approximate surface area is 228 Å². The van der Waals surface area contributed by atoms with Gasteiger partial charge in [-0.05, 0) is 28.9 Å². The second-order valence-corrected chi connectivity index (χ2v) is 8.46. The van der Waals surface area contributed by atoms with Crippen LogP contribution in [0.5, 0.6) is 11.5 Å². The van der Waals surface area contributed by atoms with Gasteiger partial charge < -0.3 is 24.9 Å². The maximum absolute atomic E-state index is 10.1. The zero-order valence-corrected chi connectivity index (χ0v) is 22.8. The molecule has 1 fully saturated rings. The summed E-state index contributed by atoms with van der Waals surface area (Å²) in [5.74, 6) is 0.774. The Kier molecular flexibility index (Phi) is 8.34. The van der Waals surface area contributed by atoms with Gasteiger partial charge in [-0.3, -0.25) is 9.78 Å². The van der Waals surface area contributed by atoms with Gasteiger partial charge in [0.2, 0.25) is 0 Å². The Balaban J connectivity index is 0.000000307. The number of methoxy groups -OCH3 is 2. The van der Waals surface area contributed by atoms with Gasteiger partial charge in [-0.25, -0.2) is 0 Å². The molecule has 37 heavy (non-hydrogen) atoms. The summed E-state index contributed by atoms with van der Waals surface area (Å²) in [5, 5.41) is 16.2. The van der Waals surface area contributed by atoms with E-state index in [-0.39, 0.29) is 20.1 Å². The smallest absolute Gasteiger partial charge is 0.285 e. The largest absolute Gasteiger partial charge is 0.650 e. The average Bonchev–Trinajstić information content (AvgIpc) is 3.49. The van der Waals surface area contributed by atoms with Crippen molar-refractivity contribution in [2.75, 3.05) is 20.8 Å². The standard InChI is InChI=1S/C24H17N2O2.C5H8NO2.Ir/c1-27-16-8-10-18-20(12-16)21-13-17(28-2)9-11-19(21)24-23(18)25-14-22(26-24)15-6-4-3-5-7-15;7-5(8)4-2-1-3-6-4;/h3-9,11-14H,1-2H3;4H,1-3H2,(H,7,8);/q2*-1;. The van der Waals surface area contributed by atoms with E-state index in [0.29, 0.717) is 0 Å². The molecule has 191 valence electrons. The van der Waals surface area contributed by atoms with Crippen LogP contribution in [0.1, 0.15) is 12.8 Å². The summed E-state index contributed by atoms with van der Waals surface area (Å²) in [6, 6.07) is 22.9. The van der Waals surface area contributed by atoms with E-state index in [1.807, 2.05) is 66.9 Å². The third-order valence-corrected chi connectivity index (χ3v) is 6.27. The minimum absolute atomic E-state index is 0. The zero-order valence-electron chi connectivity index (χ0n) is 20.4. The van der Waals surface area contributed by atoms with Gasteiger partial charge in [0.05, 0.1) is 25.4 Å². The maximum atomic E-state index is 10.1. The monoisotopic (exact) mass is 672 g/mol. The molecule has 1 aromatic heterocycles. The molecule has 0 amide bonds. The third kappa shape index (κ3) is 5.42. The van der Waals surface area contributed by atoms with E-state index < -0.39 is 12.0 Å². The Hall–Kier alpha value is -3.58.